The van der Waals surface area contributed by atoms with Crippen molar-refractivity contribution in [1.29, 1.82) is 5.26 Å². The van der Waals surface area contributed by atoms with Crippen molar-refractivity contribution in [2.45, 2.75) is 13.8 Å². The number of furan rings is 1. The molecule has 0 radical (unpaired) electrons. The van der Waals surface area contributed by atoms with Crippen LogP contribution in [-0.4, -0.2) is 49.2 Å². The summed E-state index contributed by atoms with van der Waals surface area (Å²) in [6.45, 7) is 4.09. The number of nitrogen functional groups attached to an aromatic ring is 1. The summed E-state index contributed by atoms with van der Waals surface area (Å²) in [6.07, 6.45) is 0. The van der Waals surface area contributed by atoms with Gasteiger partial charge >= 0.3 is 115 Å². The number of halogens is 2. The molecule has 0 aliphatic rings. The summed E-state index contributed by atoms with van der Waals surface area (Å²) in [4.78, 5) is 33.2. The smallest absolute Gasteiger partial charge is 1.00 e. The molecule has 0 amide bonds. The number of fused-ring (bicyclic) bond motifs is 4. The topological polar surface area (TPSA) is 185 Å². The van der Waals surface area contributed by atoms with Crippen molar-refractivity contribution in [2.24, 2.45) is 0 Å². The van der Waals surface area contributed by atoms with Gasteiger partial charge in [0.05, 0.1) is 33.0 Å². The largest absolute Gasteiger partial charge is 1.00 e. The normalized spacial score (nSPS) is 9.23. The minimum absolute atomic E-state index is 0. The zero-order valence-corrected chi connectivity index (χ0v) is 34.2. The first-order chi connectivity index (χ1) is 22.2. The number of rotatable bonds is 5. The summed E-state index contributed by atoms with van der Waals surface area (Å²) in [5.74, 6) is -0.586. The monoisotopic (exact) mass is 765 g/mol. The fraction of sp³-hybridized carbons (Fsp3) is 0.188. The minimum Gasteiger partial charge on any atom is -1.00 e. The van der Waals surface area contributed by atoms with Crippen molar-refractivity contribution in [1.82, 2.24) is 0 Å². The van der Waals surface area contributed by atoms with Crippen LogP contribution in [-0.2, 0) is 24.0 Å². The Morgan fingerprint density at radius 1 is 1.02 bits per heavy atom. The summed E-state index contributed by atoms with van der Waals surface area (Å²) in [6, 6.07) is 24.4. The molecular weight excluding hydrogens is 733 g/mol. The van der Waals surface area contributed by atoms with Gasteiger partial charge in [0.15, 0.2) is 0 Å². The third-order valence-electron chi connectivity index (χ3n) is 5.55. The number of aromatic hydroxyl groups is 1. The van der Waals surface area contributed by atoms with Gasteiger partial charge in [-0.3, -0.25) is 14.0 Å². The van der Waals surface area contributed by atoms with Gasteiger partial charge in [0.1, 0.15) is 22.7 Å². The molecule has 0 saturated carbocycles. The number of esters is 2. The number of alkyl halides is 2. The van der Waals surface area contributed by atoms with Gasteiger partial charge in [-0.2, -0.15) is 5.26 Å². The van der Waals surface area contributed by atoms with E-state index in [9.17, 15) is 19.1 Å². The molecule has 0 spiro atoms. The molecule has 0 bridgehead atoms. The zero-order valence-electron chi connectivity index (χ0n) is 28.3. The summed E-state index contributed by atoms with van der Waals surface area (Å²) >= 11 is 2.94. The molecular formula is C32H32BrFK2N2O9. The number of hydrogen-bond acceptors (Lipinski definition) is 11. The van der Waals surface area contributed by atoms with E-state index >= 15 is 0 Å². The summed E-state index contributed by atoms with van der Waals surface area (Å²) in [7, 11) is -1.00. The van der Waals surface area contributed by atoms with Crippen LogP contribution >= 0.6 is 15.9 Å². The number of ether oxygens (including phenoxy) is 2. The van der Waals surface area contributed by atoms with Crippen LogP contribution in [0.4, 0.5) is 10.1 Å². The Bertz CT molecular complexity index is 1780. The number of nitriles is 1. The van der Waals surface area contributed by atoms with Gasteiger partial charge in [-0.25, -0.2) is 4.79 Å². The second-order valence-electron chi connectivity index (χ2n) is 8.15. The van der Waals surface area contributed by atoms with Gasteiger partial charge in [0.2, 0.25) is 5.76 Å². The van der Waals surface area contributed by atoms with Crippen LogP contribution in [0.3, 0.4) is 0 Å². The Labute approximate surface area is 367 Å². The number of phenols is 1. The number of phenolic OH excluding ortho intramolecular Hbond substituents is 1. The van der Waals surface area contributed by atoms with Crippen LogP contribution in [0.15, 0.2) is 77.2 Å². The second kappa shape index (κ2) is 27.0. The Hall–Kier alpha value is -1.92. The third kappa shape index (κ3) is 14.6. The van der Waals surface area contributed by atoms with E-state index in [0.29, 0.717) is 28.8 Å². The van der Waals surface area contributed by atoms with Gasteiger partial charge < -0.3 is 36.3 Å². The molecule has 47 heavy (non-hydrogen) atoms. The molecule has 5 aromatic rings. The molecule has 11 nitrogen and oxygen atoms in total. The van der Waals surface area contributed by atoms with Crippen LogP contribution < -0.4 is 114 Å². The van der Waals surface area contributed by atoms with E-state index in [0.717, 1.165) is 26.9 Å². The van der Waals surface area contributed by atoms with E-state index in [-0.39, 0.29) is 135 Å². The number of hydrogen-bond donors (Lipinski definition) is 2. The standard InChI is InChI=1S/C15H13NO3.C11H7NO.C4H7BrO2.CH3F.CH2O3.2K.H/c1-2-18-15(17)14-12(16)11-8-7-9-5-3-4-6-10(9)13(11)19-14;12-7-9-6-5-8-3-1-2-4-10(8)11(9)13;1-2-7-4(6)3-5;1-2;2-1-4-3;;;/h3-8H,2,16H2,1H3;1-6,13H;2-3H2,1H3;1H3;1,3H;;;/q;;;;;2*+1;-1/p-1/i;;;1D;;;;. The second-order valence-corrected chi connectivity index (χ2v) is 8.72. The van der Waals surface area contributed by atoms with Gasteiger partial charge in [0.25, 0.3) is 6.47 Å². The third-order valence-corrected chi connectivity index (χ3v) is 6.01. The maximum Gasteiger partial charge on any atom is 1.00 e. The van der Waals surface area contributed by atoms with Crippen LogP contribution in [0.25, 0.3) is 32.5 Å². The maximum absolute atomic E-state index is 11.8. The predicted octanol–water partition coefficient (Wildman–Crippen LogP) is -0.153. The van der Waals surface area contributed by atoms with Crippen molar-refractivity contribution in [3.8, 4) is 11.8 Å². The number of anilines is 1. The Kier molecular flexibility index (Phi) is 25.9. The molecule has 15 heteroatoms. The van der Waals surface area contributed by atoms with Gasteiger partial charge in [-0.15, -0.1) is 0 Å². The van der Waals surface area contributed by atoms with Crippen molar-refractivity contribution in [3.05, 3.63) is 84.1 Å². The van der Waals surface area contributed by atoms with Gasteiger partial charge in [-0.05, 0) is 36.8 Å². The number of carbonyl (C=O) groups excluding carboxylic acids is 3. The van der Waals surface area contributed by atoms with Crippen LogP contribution in [0.2, 0.25) is 0 Å². The SMILES string of the molecule is CCOC(=O)CBr.CCOC(=O)c1oc2c(ccc3ccccc32)c1N.N#Cc1ccc2ccccc2c1O.O=CO[O-].[2H]CF.[H-].[K+].[K+]. The van der Waals surface area contributed by atoms with Gasteiger partial charge in [-0.1, -0.05) is 76.6 Å². The van der Waals surface area contributed by atoms with Crippen molar-refractivity contribution in [3.63, 3.8) is 0 Å². The summed E-state index contributed by atoms with van der Waals surface area (Å²) in [5, 5.41) is 31.4. The molecule has 5 rings (SSSR count). The Morgan fingerprint density at radius 3 is 2.02 bits per heavy atom. The molecule has 0 saturated heterocycles. The number of benzene rings is 4. The Balaban J connectivity index is -0.000000617. The van der Waals surface area contributed by atoms with E-state index in [2.05, 4.69) is 25.6 Å². The van der Waals surface area contributed by atoms with Crippen LogP contribution in [0.5, 0.6) is 5.75 Å². The molecule has 1 heterocycles. The van der Waals surface area contributed by atoms with Crippen molar-refractivity contribution >= 4 is 72.5 Å². The number of nitrogens with zero attached hydrogens (tertiary/aromatic N) is 1. The maximum atomic E-state index is 11.8. The van der Waals surface area contributed by atoms with E-state index in [1.165, 1.54) is 0 Å². The quantitative estimate of drug-likeness (QED) is 0.0606. The first-order valence-electron chi connectivity index (χ1n) is 13.7. The molecule has 0 unspecified atom stereocenters. The molecule has 3 N–H and O–H groups in total. The van der Waals surface area contributed by atoms with E-state index in [4.69, 9.17) is 31.6 Å². The predicted molar refractivity (Wildman–Crippen MR) is 170 cm³/mol. The van der Waals surface area contributed by atoms with Crippen LogP contribution in [0.1, 0.15) is 32.8 Å². The van der Waals surface area contributed by atoms with Crippen LogP contribution in [0, 0.1) is 11.3 Å². The van der Waals surface area contributed by atoms with Gasteiger partial charge in [0, 0.05) is 16.2 Å². The van der Waals surface area contributed by atoms with Crippen molar-refractivity contribution in [2.75, 3.05) is 31.4 Å². The fourth-order valence-electron chi connectivity index (χ4n) is 3.74. The molecule has 240 valence electrons. The molecule has 1 aromatic heterocycles. The average Bonchev–Trinajstić information content (AvgIpc) is 3.43. The zero-order chi connectivity index (χ0) is 34.5. The molecule has 0 aliphatic heterocycles. The summed E-state index contributed by atoms with van der Waals surface area (Å²) < 4.78 is 30.6. The van der Waals surface area contributed by atoms with E-state index < -0.39 is 13.1 Å². The molecule has 4 aromatic carbocycles. The van der Waals surface area contributed by atoms with E-state index in [1.54, 1.807) is 26.0 Å². The average molecular weight is 767 g/mol. The van der Waals surface area contributed by atoms with Crippen molar-refractivity contribution < 1.29 is 153 Å². The van der Waals surface area contributed by atoms with E-state index in [1.807, 2.05) is 66.7 Å². The molecule has 0 fully saturated rings. The fourth-order valence-corrected chi connectivity index (χ4v) is 3.90. The number of nitrogens with two attached hydrogens (primary N) is 1. The minimum atomic E-state index is -1.00. The first-order valence-corrected chi connectivity index (χ1v) is 14.1. The molecule has 0 atom stereocenters. The number of carbonyl (C=O) groups is 3. The first kappa shape index (κ1) is 45.1. The Morgan fingerprint density at radius 2 is 1.53 bits per heavy atom. The molecule has 0 aliphatic carbocycles. The summed E-state index contributed by atoms with van der Waals surface area (Å²) in [5.41, 5.74) is 7.24.